The summed E-state index contributed by atoms with van der Waals surface area (Å²) in [5.41, 5.74) is 4.94. The van der Waals surface area contributed by atoms with Gasteiger partial charge in [0.05, 0.1) is 0 Å². The molecule has 1 rings (SSSR count). The van der Waals surface area contributed by atoms with E-state index in [0.29, 0.717) is 3.57 Å². The Kier molecular flexibility index (Phi) is 3.65. The fraction of sp³-hybridized carbons (Fsp3) is 0.250. The summed E-state index contributed by atoms with van der Waals surface area (Å²) < 4.78 is 37.4. The van der Waals surface area contributed by atoms with Crippen molar-refractivity contribution in [3.8, 4) is 0 Å². The highest BCUT2D eigenvalue weighted by molar-refractivity contribution is 14.1. The Hall–Kier alpha value is -0.0100. The second-order valence-electron chi connectivity index (χ2n) is 2.69. The normalized spacial score (nSPS) is 14.1. The molecule has 0 heterocycles. The van der Waals surface area contributed by atoms with Crippen LogP contribution >= 0.6 is 34.2 Å². The van der Waals surface area contributed by atoms with Crippen molar-refractivity contribution in [2.75, 3.05) is 0 Å². The molecule has 1 nitrogen and oxygen atoms in total. The second-order valence-corrected chi connectivity index (χ2v) is 4.34. The average Bonchev–Trinajstić information content (AvgIpc) is 2.06. The van der Waals surface area contributed by atoms with Gasteiger partial charge in [-0.05, 0) is 46.4 Å². The van der Waals surface area contributed by atoms with Gasteiger partial charge in [-0.3, -0.25) is 0 Å². The summed E-state index contributed by atoms with van der Waals surface area (Å²) >= 11 is 7.52. The van der Waals surface area contributed by atoms with E-state index >= 15 is 0 Å². The smallest absolute Gasteiger partial charge is 0.316 e. The summed E-state index contributed by atoms with van der Waals surface area (Å²) in [6.07, 6.45) is -4.46. The Balaban J connectivity index is 3.12. The molecular formula is C8H6ClF3IN. The Morgan fingerprint density at radius 1 is 1.36 bits per heavy atom. The number of rotatable bonds is 1. The molecule has 0 spiro atoms. The molecule has 0 saturated heterocycles. The molecule has 0 amide bonds. The summed E-state index contributed by atoms with van der Waals surface area (Å²) in [4.78, 5) is 0. The van der Waals surface area contributed by atoms with Crippen molar-refractivity contribution in [1.29, 1.82) is 0 Å². The molecular weight excluding hydrogens is 329 g/mol. The molecule has 14 heavy (non-hydrogen) atoms. The molecule has 0 aliphatic rings. The largest absolute Gasteiger partial charge is 0.407 e. The third-order valence-electron chi connectivity index (χ3n) is 1.65. The molecule has 0 fully saturated rings. The van der Waals surface area contributed by atoms with Crippen LogP contribution < -0.4 is 5.73 Å². The Morgan fingerprint density at radius 2 is 1.93 bits per heavy atom. The quantitative estimate of drug-likeness (QED) is 0.781. The van der Waals surface area contributed by atoms with E-state index in [2.05, 4.69) is 0 Å². The number of hydrogen-bond donors (Lipinski definition) is 1. The minimum absolute atomic E-state index is 0.0373. The van der Waals surface area contributed by atoms with Crippen LogP contribution in [0.1, 0.15) is 11.6 Å². The molecule has 2 N–H and O–H groups in total. The number of benzene rings is 1. The summed E-state index contributed by atoms with van der Waals surface area (Å²) in [7, 11) is 0. The van der Waals surface area contributed by atoms with E-state index in [1.165, 1.54) is 12.1 Å². The molecule has 6 heteroatoms. The van der Waals surface area contributed by atoms with E-state index in [9.17, 15) is 13.2 Å². The molecule has 0 aliphatic carbocycles. The van der Waals surface area contributed by atoms with Gasteiger partial charge in [0.2, 0.25) is 0 Å². The van der Waals surface area contributed by atoms with Crippen LogP contribution in [0.2, 0.25) is 5.02 Å². The predicted molar refractivity (Wildman–Crippen MR) is 57.2 cm³/mol. The molecule has 1 atom stereocenters. The van der Waals surface area contributed by atoms with E-state index in [0.717, 1.165) is 0 Å². The minimum Gasteiger partial charge on any atom is -0.316 e. The summed E-state index contributed by atoms with van der Waals surface area (Å²) in [5, 5.41) is 0.0373. The van der Waals surface area contributed by atoms with Crippen molar-refractivity contribution in [3.63, 3.8) is 0 Å². The van der Waals surface area contributed by atoms with Crippen molar-refractivity contribution in [2.45, 2.75) is 12.2 Å². The molecule has 0 radical (unpaired) electrons. The van der Waals surface area contributed by atoms with Gasteiger partial charge in [0.1, 0.15) is 6.04 Å². The van der Waals surface area contributed by atoms with Crippen LogP contribution in [0.3, 0.4) is 0 Å². The van der Waals surface area contributed by atoms with Crippen molar-refractivity contribution < 1.29 is 13.2 Å². The van der Waals surface area contributed by atoms with Gasteiger partial charge < -0.3 is 5.73 Å². The van der Waals surface area contributed by atoms with Gasteiger partial charge in [0.15, 0.2) is 0 Å². The lowest BCUT2D eigenvalue weighted by Crippen LogP contribution is -2.28. The molecule has 1 aromatic rings. The van der Waals surface area contributed by atoms with E-state index in [-0.39, 0.29) is 10.6 Å². The van der Waals surface area contributed by atoms with Gasteiger partial charge in [0.25, 0.3) is 0 Å². The first-order valence-corrected chi connectivity index (χ1v) is 5.05. The van der Waals surface area contributed by atoms with Gasteiger partial charge in [-0.25, -0.2) is 0 Å². The van der Waals surface area contributed by atoms with Gasteiger partial charge in [-0.1, -0.05) is 11.6 Å². The number of alkyl halides is 3. The lowest BCUT2D eigenvalue weighted by molar-refractivity contribution is -0.149. The maximum Gasteiger partial charge on any atom is 0.407 e. The zero-order chi connectivity index (χ0) is 10.9. The highest BCUT2D eigenvalue weighted by Gasteiger charge is 2.38. The van der Waals surface area contributed by atoms with E-state index in [4.69, 9.17) is 17.3 Å². The SMILES string of the molecule is N[C@H](c1cc(I)ccc1Cl)C(F)(F)F. The van der Waals surface area contributed by atoms with Gasteiger partial charge in [0, 0.05) is 8.59 Å². The van der Waals surface area contributed by atoms with Gasteiger partial charge >= 0.3 is 6.18 Å². The number of nitrogens with two attached hydrogens (primary N) is 1. The first-order chi connectivity index (χ1) is 6.32. The zero-order valence-electron chi connectivity index (χ0n) is 6.78. The van der Waals surface area contributed by atoms with Crippen LogP contribution in [0, 0.1) is 3.57 Å². The maximum absolute atomic E-state index is 12.3. The van der Waals surface area contributed by atoms with Crippen LogP contribution in [0.25, 0.3) is 0 Å². The molecule has 0 unspecified atom stereocenters. The van der Waals surface area contributed by atoms with Crippen LogP contribution in [0.5, 0.6) is 0 Å². The van der Waals surface area contributed by atoms with Crippen molar-refractivity contribution in [1.82, 2.24) is 0 Å². The highest BCUT2D eigenvalue weighted by Crippen LogP contribution is 2.34. The highest BCUT2D eigenvalue weighted by atomic mass is 127. The molecule has 1 aromatic carbocycles. The fourth-order valence-corrected chi connectivity index (χ4v) is 1.68. The van der Waals surface area contributed by atoms with E-state index < -0.39 is 12.2 Å². The van der Waals surface area contributed by atoms with Crippen molar-refractivity contribution in [2.24, 2.45) is 5.73 Å². The van der Waals surface area contributed by atoms with Crippen molar-refractivity contribution >= 4 is 34.2 Å². The van der Waals surface area contributed by atoms with Gasteiger partial charge in [-0.2, -0.15) is 13.2 Å². The van der Waals surface area contributed by atoms with E-state index in [1.54, 1.807) is 6.07 Å². The van der Waals surface area contributed by atoms with Crippen molar-refractivity contribution in [3.05, 3.63) is 32.4 Å². The van der Waals surface area contributed by atoms with E-state index in [1.807, 2.05) is 22.6 Å². The minimum atomic E-state index is -4.46. The topological polar surface area (TPSA) is 26.0 Å². The van der Waals surface area contributed by atoms with Crippen LogP contribution in [-0.2, 0) is 0 Å². The molecule has 0 aliphatic heterocycles. The Morgan fingerprint density at radius 3 is 2.43 bits per heavy atom. The summed E-state index contributed by atoms with van der Waals surface area (Å²) in [5.74, 6) is 0. The maximum atomic E-state index is 12.3. The Bertz CT molecular complexity index is 340. The van der Waals surface area contributed by atoms with Gasteiger partial charge in [-0.15, -0.1) is 0 Å². The monoisotopic (exact) mass is 335 g/mol. The summed E-state index contributed by atoms with van der Waals surface area (Å²) in [6.45, 7) is 0. The molecule has 0 aromatic heterocycles. The molecule has 0 saturated carbocycles. The summed E-state index contributed by atoms with van der Waals surface area (Å²) in [6, 6.07) is 2.34. The average molecular weight is 335 g/mol. The number of halogens is 5. The predicted octanol–water partition coefficient (Wildman–Crippen LogP) is 3.51. The standard InChI is InChI=1S/C8H6ClF3IN/c9-6-2-1-4(13)3-5(6)7(14)8(10,11)12/h1-3,7H,14H2/t7-/m1/s1. The number of hydrogen-bond acceptors (Lipinski definition) is 1. The first kappa shape index (κ1) is 12.1. The first-order valence-electron chi connectivity index (χ1n) is 3.59. The lowest BCUT2D eigenvalue weighted by atomic mass is 10.1. The Labute approximate surface area is 97.6 Å². The second kappa shape index (κ2) is 4.24. The fourth-order valence-electron chi connectivity index (χ4n) is 0.929. The molecule has 0 bridgehead atoms. The third-order valence-corrected chi connectivity index (χ3v) is 2.66. The van der Waals surface area contributed by atoms with Crippen LogP contribution in [-0.4, -0.2) is 6.18 Å². The third kappa shape index (κ3) is 2.74. The molecule has 78 valence electrons. The van der Waals surface area contributed by atoms with Crippen LogP contribution in [0.4, 0.5) is 13.2 Å². The zero-order valence-corrected chi connectivity index (χ0v) is 9.69. The lowest BCUT2D eigenvalue weighted by Gasteiger charge is -2.17. The van der Waals surface area contributed by atoms with Crippen LogP contribution in [0.15, 0.2) is 18.2 Å².